The number of benzene rings is 3. The number of methoxy groups -OCH3 is 2. The van der Waals surface area contributed by atoms with Gasteiger partial charge < -0.3 is 19.6 Å². The molecule has 0 aliphatic rings. The molecule has 148 valence electrons. The number of nitrogens with one attached hydrogen (secondary N) is 1. The molecule has 0 saturated carbocycles. The topological polar surface area (TPSA) is 99.9 Å². The molecule has 0 atom stereocenters. The van der Waals surface area contributed by atoms with E-state index in [-0.39, 0.29) is 5.56 Å². The number of amides is 1. The first-order valence-corrected chi connectivity index (χ1v) is 8.70. The second-order valence-electron chi connectivity index (χ2n) is 6.09. The zero-order chi connectivity index (χ0) is 20.8. The third-order valence-corrected chi connectivity index (χ3v) is 4.31. The normalized spacial score (nSPS) is 10.7. The molecule has 7 nitrogen and oxygen atoms in total. The molecule has 0 aliphatic heterocycles. The van der Waals surface area contributed by atoms with Crippen LogP contribution in [0.5, 0.6) is 11.5 Å². The molecule has 29 heavy (non-hydrogen) atoms. The van der Waals surface area contributed by atoms with Gasteiger partial charge in [0.1, 0.15) is 0 Å². The van der Waals surface area contributed by atoms with Crippen LogP contribution in [-0.2, 0) is 9.63 Å². The average Bonchev–Trinajstić information content (AvgIpc) is 2.76. The summed E-state index contributed by atoms with van der Waals surface area (Å²) in [5, 5.41) is 4.39. The Morgan fingerprint density at radius 1 is 0.931 bits per heavy atom. The monoisotopic (exact) mass is 392 g/mol. The third kappa shape index (κ3) is 4.53. The molecule has 3 aromatic rings. The van der Waals surface area contributed by atoms with E-state index in [9.17, 15) is 9.59 Å². The number of carbonyl (C=O) groups excluding carboxylic acids is 2. The van der Waals surface area contributed by atoms with E-state index in [1.165, 1.54) is 13.2 Å². The van der Waals surface area contributed by atoms with E-state index in [2.05, 4.69) is 10.2 Å². The van der Waals surface area contributed by atoms with Crippen molar-refractivity contribution in [3.8, 4) is 11.5 Å². The van der Waals surface area contributed by atoms with Gasteiger partial charge in [-0.1, -0.05) is 30.3 Å². The van der Waals surface area contributed by atoms with E-state index >= 15 is 0 Å². The van der Waals surface area contributed by atoms with Gasteiger partial charge in [-0.15, -0.1) is 0 Å². The van der Waals surface area contributed by atoms with E-state index < -0.39 is 11.9 Å². The van der Waals surface area contributed by atoms with Crippen LogP contribution in [0.1, 0.15) is 15.9 Å². The molecule has 1 amide bonds. The molecule has 0 saturated heterocycles. The lowest BCUT2D eigenvalue weighted by molar-refractivity contribution is -0.111. The fourth-order valence-electron chi connectivity index (χ4n) is 2.88. The van der Waals surface area contributed by atoms with E-state index in [1.54, 1.807) is 43.5 Å². The van der Waals surface area contributed by atoms with Crippen LogP contribution in [0.3, 0.4) is 0 Å². The molecule has 0 aromatic heterocycles. The van der Waals surface area contributed by atoms with Gasteiger partial charge in [-0.05, 0) is 46.7 Å². The Bertz CT molecular complexity index is 1090. The molecule has 3 aromatic carbocycles. The number of ether oxygens (including phenoxy) is 2. The van der Waals surface area contributed by atoms with Crippen molar-refractivity contribution in [1.29, 1.82) is 0 Å². The number of carbonyl (C=O) groups is 2. The molecule has 3 rings (SSSR count). The Morgan fingerprint density at radius 2 is 1.62 bits per heavy atom. The van der Waals surface area contributed by atoms with Crippen LogP contribution in [-0.4, -0.2) is 26.1 Å². The summed E-state index contributed by atoms with van der Waals surface area (Å²) in [6.07, 6.45) is 2.98. The van der Waals surface area contributed by atoms with Gasteiger partial charge in [-0.25, -0.2) is 4.79 Å². The molecule has 0 radical (unpaired) electrons. The van der Waals surface area contributed by atoms with Crippen molar-refractivity contribution >= 4 is 34.4 Å². The Labute approximate surface area is 167 Å². The third-order valence-electron chi connectivity index (χ3n) is 4.31. The summed E-state index contributed by atoms with van der Waals surface area (Å²) in [4.78, 5) is 28.8. The van der Waals surface area contributed by atoms with E-state index in [1.807, 2.05) is 24.3 Å². The highest BCUT2D eigenvalue weighted by Crippen LogP contribution is 2.28. The summed E-state index contributed by atoms with van der Waals surface area (Å²) in [6, 6.07) is 16.0. The van der Waals surface area contributed by atoms with Gasteiger partial charge in [-0.3, -0.25) is 4.79 Å². The lowest BCUT2D eigenvalue weighted by Gasteiger charge is -2.10. The molecule has 0 aliphatic carbocycles. The molecular formula is C22H20N2O5. The molecule has 7 heteroatoms. The molecule has 0 heterocycles. The van der Waals surface area contributed by atoms with Crippen molar-refractivity contribution in [2.45, 2.75) is 0 Å². The predicted molar refractivity (Wildman–Crippen MR) is 111 cm³/mol. The van der Waals surface area contributed by atoms with E-state index in [0.717, 1.165) is 16.3 Å². The fraction of sp³-hybridized carbons (Fsp3) is 0.0909. The minimum Gasteiger partial charge on any atom is -0.493 e. The minimum absolute atomic E-state index is 0.166. The van der Waals surface area contributed by atoms with Crippen molar-refractivity contribution < 1.29 is 23.9 Å². The summed E-state index contributed by atoms with van der Waals surface area (Å²) in [7, 11) is 3.09. The standard InChI is InChI=1S/C22H20N2O5/c1-27-19-9-7-14(11-20(19)28-2)8-10-21(25)24-18-13-16-6-4-3-5-15(16)12-17(18)22(26)29-23/h3-13H,23H2,1-2H3,(H,24,25)/b10-8+. The summed E-state index contributed by atoms with van der Waals surface area (Å²) in [5.41, 5.74) is 1.22. The second kappa shape index (κ2) is 8.90. The number of hydrogen-bond acceptors (Lipinski definition) is 6. The molecule has 0 fully saturated rings. The summed E-state index contributed by atoms with van der Waals surface area (Å²) >= 11 is 0. The fourth-order valence-corrected chi connectivity index (χ4v) is 2.88. The number of anilines is 1. The molecule has 3 N–H and O–H groups in total. The van der Waals surface area contributed by atoms with Crippen molar-refractivity contribution in [2.75, 3.05) is 19.5 Å². The summed E-state index contributed by atoms with van der Waals surface area (Å²) in [6.45, 7) is 0. The second-order valence-corrected chi connectivity index (χ2v) is 6.09. The lowest BCUT2D eigenvalue weighted by atomic mass is 10.0. The van der Waals surface area contributed by atoms with Gasteiger partial charge in [0.25, 0.3) is 0 Å². The maximum absolute atomic E-state index is 12.4. The highest BCUT2D eigenvalue weighted by Gasteiger charge is 2.15. The Balaban J connectivity index is 1.85. The minimum atomic E-state index is -0.741. The van der Waals surface area contributed by atoms with Gasteiger partial charge in [0.2, 0.25) is 5.91 Å². The van der Waals surface area contributed by atoms with E-state index in [0.29, 0.717) is 17.2 Å². The van der Waals surface area contributed by atoms with Crippen LogP contribution in [0.2, 0.25) is 0 Å². The van der Waals surface area contributed by atoms with E-state index in [4.69, 9.17) is 15.4 Å². The van der Waals surface area contributed by atoms with Crippen LogP contribution >= 0.6 is 0 Å². The summed E-state index contributed by atoms with van der Waals surface area (Å²) in [5.74, 6) is 5.02. The van der Waals surface area contributed by atoms with Gasteiger partial charge in [0.15, 0.2) is 11.5 Å². The van der Waals surface area contributed by atoms with Gasteiger partial charge in [0.05, 0.1) is 25.5 Å². The smallest absolute Gasteiger partial charge is 0.358 e. The van der Waals surface area contributed by atoms with Crippen LogP contribution in [0, 0.1) is 0 Å². The zero-order valence-corrected chi connectivity index (χ0v) is 16.0. The highest BCUT2D eigenvalue weighted by molar-refractivity contribution is 6.09. The van der Waals surface area contributed by atoms with Crippen LogP contribution in [0.15, 0.2) is 60.7 Å². The van der Waals surface area contributed by atoms with Crippen molar-refractivity contribution in [2.24, 2.45) is 5.90 Å². The highest BCUT2D eigenvalue weighted by atomic mass is 16.7. The van der Waals surface area contributed by atoms with Crippen molar-refractivity contribution in [1.82, 2.24) is 0 Å². The lowest BCUT2D eigenvalue weighted by Crippen LogP contribution is -2.16. The largest absolute Gasteiger partial charge is 0.493 e. The maximum Gasteiger partial charge on any atom is 0.358 e. The van der Waals surface area contributed by atoms with Gasteiger partial charge in [-0.2, -0.15) is 5.90 Å². The van der Waals surface area contributed by atoms with Gasteiger partial charge in [0, 0.05) is 6.08 Å². The van der Waals surface area contributed by atoms with Gasteiger partial charge >= 0.3 is 5.97 Å². The van der Waals surface area contributed by atoms with Crippen molar-refractivity contribution in [3.05, 3.63) is 71.8 Å². The Kier molecular flexibility index (Phi) is 6.11. The average molecular weight is 392 g/mol. The predicted octanol–water partition coefficient (Wildman–Crippen LogP) is 3.54. The maximum atomic E-state index is 12.4. The number of rotatable bonds is 6. The number of hydrogen-bond donors (Lipinski definition) is 2. The quantitative estimate of drug-likeness (QED) is 0.492. The first kappa shape index (κ1) is 19.9. The number of fused-ring (bicyclic) bond motifs is 1. The molecule has 0 unspecified atom stereocenters. The molecule has 0 bridgehead atoms. The Hall–Kier alpha value is -3.84. The first-order chi connectivity index (χ1) is 14.0. The van der Waals surface area contributed by atoms with Crippen LogP contribution in [0.4, 0.5) is 5.69 Å². The Morgan fingerprint density at radius 3 is 2.28 bits per heavy atom. The summed E-state index contributed by atoms with van der Waals surface area (Å²) < 4.78 is 10.4. The number of nitrogens with two attached hydrogens (primary N) is 1. The molecule has 0 spiro atoms. The van der Waals surface area contributed by atoms with Crippen LogP contribution < -0.4 is 20.7 Å². The first-order valence-electron chi connectivity index (χ1n) is 8.70. The zero-order valence-electron chi connectivity index (χ0n) is 16.0. The van der Waals surface area contributed by atoms with Crippen LogP contribution in [0.25, 0.3) is 16.8 Å². The van der Waals surface area contributed by atoms with Crippen molar-refractivity contribution in [3.63, 3.8) is 0 Å². The molecular weight excluding hydrogens is 372 g/mol. The SMILES string of the molecule is COc1ccc(/C=C/C(=O)Nc2cc3ccccc3cc2C(=O)ON)cc1OC.